The molecule has 2 atom stereocenters. The highest BCUT2D eigenvalue weighted by molar-refractivity contribution is 5.81. The van der Waals surface area contributed by atoms with Crippen LogP contribution in [0.5, 0.6) is 5.75 Å². The van der Waals surface area contributed by atoms with Crippen molar-refractivity contribution in [1.82, 2.24) is 9.80 Å². The molecule has 0 aromatic heterocycles. The number of hydrogen-bond donors (Lipinski definition) is 1. The molecule has 1 aromatic carbocycles. The van der Waals surface area contributed by atoms with Crippen LogP contribution in [0.2, 0.25) is 0 Å². The maximum Gasteiger partial charge on any atom is 0.227 e. The van der Waals surface area contributed by atoms with Crippen molar-refractivity contribution in [2.24, 2.45) is 17.6 Å². The van der Waals surface area contributed by atoms with Gasteiger partial charge in [0.25, 0.3) is 0 Å². The molecule has 2 amide bonds. The Kier molecular flexibility index (Phi) is 8.77. The second-order valence-corrected chi connectivity index (χ2v) is 8.05. The maximum absolute atomic E-state index is 12.8. The zero-order chi connectivity index (χ0) is 20.5. The summed E-state index contributed by atoms with van der Waals surface area (Å²) in [5.74, 6) is 1.23. The predicted octanol–water partition coefficient (Wildman–Crippen LogP) is 2.53. The summed E-state index contributed by atoms with van der Waals surface area (Å²) in [6, 6.07) is 9.59. The lowest BCUT2D eigenvalue weighted by Crippen LogP contribution is -2.46. The lowest BCUT2D eigenvalue weighted by molar-refractivity contribution is -0.140. The summed E-state index contributed by atoms with van der Waals surface area (Å²) in [6.07, 6.45) is 2.83. The Labute approximate surface area is 169 Å². The van der Waals surface area contributed by atoms with Crippen LogP contribution in [-0.4, -0.2) is 60.9 Å². The van der Waals surface area contributed by atoms with Crippen LogP contribution >= 0.6 is 0 Å². The van der Waals surface area contributed by atoms with Gasteiger partial charge in [-0.15, -0.1) is 0 Å². The van der Waals surface area contributed by atoms with E-state index in [4.69, 9.17) is 10.5 Å². The van der Waals surface area contributed by atoms with E-state index in [1.807, 2.05) is 42.3 Å². The highest BCUT2D eigenvalue weighted by Gasteiger charge is 2.30. The van der Waals surface area contributed by atoms with Crippen LogP contribution in [0.1, 0.15) is 39.5 Å². The third-order valence-corrected chi connectivity index (χ3v) is 5.48. The topological polar surface area (TPSA) is 75.9 Å². The van der Waals surface area contributed by atoms with Crippen LogP contribution in [0.25, 0.3) is 0 Å². The van der Waals surface area contributed by atoms with Crippen molar-refractivity contribution < 1.29 is 14.3 Å². The molecule has 1 aliphatic heterocycles. The summed E-state index contributed by atoms with van der Waals surface area (Å²) in [7, 11) is 1.84. The Morgan fingerprint density at radius 3 is 2.68 bits per heavy atom. The van der Waals surface area contributed by atoms with Crippen molar-refractivity contribution in [3.05, 3.63) is 30.3 Å². The molecule has 1 aliphatic rings. The largest absolute Gasteiger partial charge is 0.493 e. The molecule has 6 heteroatoms. The summed E-state index contributed by atoms with van der Waals surface area (Å²) in [6.45, 7) is 6.43. The van der Waals surface area contributed by atoms with Gasteiger partial charge in [0, 0.05) is 32.7 Å². The Balaban J connectivity index is 1.76. The Hall–Kier alpha value is -2.08. The van der Waals surface area contributed by atoms with E-state index in [0.717, 1.165) is 31.6 Å². The van der Waals surface area contributed by atoms with Crippen molar-refractivity contribution in [3.8, 4) is 5.75 Å². The first kappa shape index (κ1) is 22.2. The van der Waals surface area contributed by atoms with Gasteiger partial charge in [-0.25, -0.2) is 0 Å². The molecule has 2 N–H and O–H groups in total. The van der Waals surface area contributed by atoms with Crippen LogP contribution in [0.4, 0.5) is 0 Å². The van der Waals surface area contributed by atoms with Gasteiger partial charge < -0.3 is 20.3 Å². The van der Waals surface area contributed by atoms with Crippen LogP contribution in [0, 0.1) is 11.8 Å². The van der Waals surface area contributed by atoms with Gasteiger partial charge in [0.05, 0.1) is 18.9 Å². The van der Waals surface area contributed by atoms with Crippen molar-refractivity contribution >= 4 is 11.8 Å². The molecular formula is C22H35N3O3. The standard InChI is InChI=1S/C22H35N3O3/c1-17(2)20(23)11-14-24(3)22(27)18-8-7-13-25(16-18)21(26)12-15-28-19-9-5-4-6-10-19/h4-6,9-10,17-18,20H,7-8,11-16,23H2,1-3H3. The lowest BCUT2D eigenvalue weighted by atomic mass is 9.96. The smallest absolute Gasteiger partial charge is 0.227 e. The van der Waals surface area contributed by atoms with Crippen LogP contribution < -0.4 is 10.5 Å². The minimum atomic E-state index is -0.118. The molecular weight excluding hydrogens is 354 g/mol. The number of carbonyl (C=O) groups excluding carboxylic acids is 2. The molecule has 6 nitrogen and oxygen atoms in total. The number of ether oxygens (including phenoxy) is 1. The molecule has 156 valence electrons. The summed E-state index contributed by atoms with van der Waals surface area (Å²) in [5.41, 5.74) is 6.09. The van der Waals surface area contributed by atoms with Gasteiger partial charge in [-0.3, -0.25) is 9.59 Å². The van der Waals surface area contributed by atoms with E-state index < -0.39 is 0 Å². The zero-order valence-corrected chi connectivity index (χ0v) is 17.5. The van der Waals surface area contributed by atoms with Gasteiger partial charge in [-0.05, 0) is 37.3 Å². The summed E-state index contributed by atoms with van der Waals surface area (Å²) in [5, 5.41) is 0. The third kappa shape index (κ3) is 6.82. The minimum Gasteiger partial charge on any atom is -0.493 e. The van der Waals surface area contributed by atoms with Gasteiger partial charge in [0.1, 0.15) is 5.75 Å². The van der Waals surface area contributed by atoms with Crippen LogP contribution in [0.15, 0.2) is 30.3 Å². The number of para-hydroxylation sites is 1. The van der Waals surface area contributed by atoms with Crippen LogP contribution in [-0.2, 0) is 9.59 Å². The van der Waals surface area contributed by atoms with Crippen molar-refractivity contribution in [2.45, 2.75) is 45.6 Å². The normalized spacial score (nSPS) is 18.0. The van der Waals surface area contributed by atoms with E-state index in [0.29, 0.717) is 32.0 Å². The first-order valence-corrected chi connectivity index (χ1v) is 10.3. The highest BCUT2D eigenvalue weighted by Crippen LogP contribution is 2.20. The molecule has 1 heterocycles. The molecule has 2 unspecified atom stereocenters. The first-order valence-electron chi connectivity index (χ1n) is 10.3. The van der Waals surface area contributed by atoms with E-state index in [2.05, 4.69) is 13.8 Å². The quantitative estimate of drug-likeness (QED) is 0.704. The number of amides is 2. The molecule has 0 bridgehead atoms. The molecule has 2 rings (SSSR count). The molecule has 1 fully saturated rings. The van der Waals surface area contributed by atoms with E-state index in [-0.39, 0.29) is 23.8 Å². The van der Waals surface area contributed by atoms with Gasteiger partial charge in [-0.1, -0.05) is 32.0 Å². The molecule has 0 aliphatic carbocycles. The number of nitrogens with zero attached hydrogens (tertiary/aromatic N) is 2. The number of carbonyl (C=O) groups is 2. The Bertz CT molecular complexity index is 621. The van der Waals surface area contributed by atoms with Gasteiger partial charge in [-0.2, -0.15) is 0 Å². The summed E-state index contributed by atoms with van der Waals surface area (Å²) >= 11 is 0. The number of likely N-dealkylation sites (tertiary alicyclic amines) is 1. The number of piperidine rings is 1. The number of rotatable bonds is 9. The van der Waals surface area contributed by atoms with Gasteiger partial charge >= 0.3 is 0 Å². The summed E-state index contributed by atoms with van der Waals surface area (Å²) < 4.78 is 5.62. The molecule has 1 aromatic rings. The molecule has 1 saturated heterocycles. The molecule has 0 saturated carbocycles. The number of nitrogens with two attached hydrogens (primary N) is 1. The fraction of sp³-hybridized carbons (Fsp3) is 0.636. The maximum atomic E-state index is 12.8. The van der Waals surface area contributed by atoms with Crippen molar-refractivity contribution in [3.63, 3.8) is 0 Å². The number of hydrogen-bond acceptors (Lipinski definition) is 4. The Morgan fingerprint density at radius 1 is 1.29 bits per heavy atom. The molecule has 28 heavy (non-hydrogen) atoms. The molecule has 0 radical (unpaired) electrons. The lowest BCUT2D eigenvalue weighted by Gasteiger charge is -2.34. The van der Waals surface area contributed by atoms with Gasteiger partial charge in [0.2, 0.25) is 11.8 Å². The predicted molar refractivity (Wildman–Crippen MR) is 111 cm³/mol. The van der Waals surface area contributed by atoms with E-state index >= 15 is 0 Å². The fourth-order valence-corrected chi connectivity index (χ4v) is 3.43. The zero-order valence-electron chi connectivity index (χ0n) is 17.5. The first-order chi connectivity index (χ1) is 13.4. The second-order valence-electron chi connectivity index (χ2n) is 8.05. The van der Waals surface area contributed by atoms with Crippen molar-refractivity contribution in [1.29, 1.82) is 0 Å². The van der Waals surface area contributed by atoms with Crippen LogP contribution in [0.3, 0.4) is 0 Å². The molecule has 0 spiro atoms. The highest BCUT2D eigenvalue weighted by atomic mass is 16.5. The van der Waals surface area contributed by atoms with E-state index in [1.165, 1.54) is 0 Å². The summed E-state index contributed by atoms with van der Waals surface area (Å²) in [4.78, 5) is 28.9. The Morgan fingerprint density at radius 2 is 2.00 bits per heavy atom. The average Bonchev–Trinajstić information content (AvgIpc) is 2.71. The van der Waals surface area contributed by atoms with Gasteiger partial charge in [0.15, 0.2) is 0 Å². The minimum absolute atomic E-state index is 0.0536. The van der Waals surface area contributed by atoms with E-state index in [1.54, 1.807) is 4.90 Å². The second kappa shape index (κ2) is 11.1. The SMILES string of the molecule is CC(C)C(N)CCN(C)C(=O)C1CCCN(C(=O)CCOc2ccccc2)C1. The fourth-order valence-electron chi connectivity index (χ4n) is 3.43. The van der Waals surface area contributed by atoms with Crippen molar-refractivity contribution in [2.75, 3.05) is 33.3 Å². The number of benzene rings is 1. The average molecular weight is 390 g/mol. The third-order valence-electron chi connectivity index (χ3n) is 5.48. The monoisotopic (exact) mass is 389 g/mol. The van der Waals surface area contributed by atoms with E-state index in [9.17, 15) is 9.59 Å².